The lowest BCUT2D eigenvalue weighted by Gasteiger charge is -2.19. The molecule has 0 amide bonds. The van der Waals surface area contributed by atoms with Gasteiger partial charge in [0.05, 0.1) is 0 Å². The molecule has 0 radical (unpaired) electrons. The Morgan fingerprint density at radius 1 is 1.23 bits per heavy atom. The summed E-state index contributed by atoms with van der Waals surface area (Å²) in [6, 6.07) is 0. The summed E-state index contributed by atoms with van der Waals surface area (Å²) < 4.78 is 0. The summed E-state index contributed by atoms with van der Waals surface area (Å²) in [6.07, 6.45) is 6.10. The largest absolute Gasteiger partial charge is 0.350 e. The van der Waals surface area contributed by atoms with E-state index in [9.17, 15) is 0 Å². The molecule has 0 saturated heterocycles. The molecule has 0 N–H and O–H groups in total. The SMILES string of the molecule is C=C(C)N(C)C(=C)/C=C(C)\C=C/C. The van der Waals surface area contributed by atoms with E-state index in [1.165, 1.54) is 5.57 Å². The molecule has 72 valence electrons. The van der Waals surface area contributed by atoms with E-state index in [2.05, 4.69) is 26.2 Å². The highest BCUT2D eigenvalue weighted by molar-refractivity contribution is 5.27. The van der Waals surface area contributed by atoms with Crippen molar-refractivity contribution in [1.82, 2.24) is 4.90 Å². The quantitative estimate of drug-likeness (QED) is 0.594. The van der Waals surface area contributed by atoms with Crippen molar-refractivity contribution in [3.05, 3.63) is 48.4 Å². The van der Waals surface area contributed by atoms with E-state index in [1.54, 1.807) is 0 Å². The number of rotatable bonds is 4. The molecule has 1 heteroatoms. The minimum Gasteiger partial charge on any atom is -0.350 e. The first-order valence-electron chi connectivity index (χ1n) is 4.38. The van der Waals surface area contributed by atoms with Crippen molar-refractivity contribution in [2.24, 2.45) is 0 Å². The third-order valence-corrected chi connectivity index (χ3v) is 1.83. The number of allylic oxidation sites excluding steroid dienone is 5. The monoisotopic (exact) mass is 177 g/mol. The highest BCUT2D eigenvalue weighted by Gasteiger charge is 1.98. The number of hydrogen-bond donors (Lipinski definition) is 0. The average Bonchev–Trinajstić information content (AvgIpc) is 2.03. The summed E-state index contributed by atoms with van der Waals surface area (Å²) in [5.74, 6) is 0. The van der Waals surface area contributed by atoms with Gasteiger partial charge in [0.2, 0.25) is 0 Å². The molecule has 0 atom stereocenters. The normalized spacial score (nSPS) is 11.8. The standard InChI is InChI=1S/C12H19N/c1-7-8-11(4)9-12(5)13(6)10(2)3/h7-9H,2,5H2,1,3-4,6H3/b8-7-,11-9-. The summed E-state index contributed by atoms with van der Waals surface area (Å²) in [5, 5.41) is 0. The Morgan fingerprint density at radius 3 is 2.15 bits per heavy atom. The van der Waals surface area contributed by atoms with Gasteiger partial charge in [-0.25, -0.2) is 0 Å². The maximum Gasteiger partial charge on any atom is 0.0334 e. The number of nitrogens with zero attached hydrogens (tertiary/aromatic N) is 1. The minimum absolute atomic E-state index is 0.961. The van der Waals surface area contributed by atoms with Crippen LogP contribution in [-0.2, 0) is 0 Å². The van der Waals surface area contributed by atoms with Crippen molar-refractivity contribution < 1.29 is 0 Å². The van der Waals surface area contributed by atoms with Gasteiger partial charge in [-0.3, -0.25) is 0 Å². The lowest BCUT2D eigenvalue weighted by molar-refractivity contribution is 0.542. The molecule has 0 aromatic rings. The fourth-order valence-electron chi connectivity index (χ4n) is 0.916. The van der Waals surface area contributed by atoms with Crippen LogP contribution in [-0.4, -0.2) is 11.9 Å². The van der Waals surface area contributed by atoms with E-state index in [0.717, 1.165) is 11.4 Å². The minimum atomic E-state index is 0.961. The molecule has 0 rings (SSSR count). The Morgan fingerprint density at radius 2 is 1.77 bits per heavy atom. The van der Waals surface area contributed by atoms with Gasteiger partial charge >= 0.3 is 0 Å². The average molecular weight is 177 g/mol. The molecule has 0 aliphatic carbocycles. The van der Waals surface area contributed by atoms with Crippen molar-refractivity contribution >= 4 is 0 Å². The molecule has 0 aliphatic heterocycles. The van der Waals surface area contributed by atoms with Crippen molar-refractivity contribution in [3.8, 4) is 0 Å². The molecule has 0 heterocycles. The zero-order valence-corrected chi connectivity index (χ0v) is 9.09. The van der Waals surface area contributed by atoms with E-state index in [4.69, 9.17) is 0 Å². The molecular formula is C12H19N. The fraction of sp³-hybridized carbons (Fsp3) is 0.333. The Hall–Kier alpha value is -1.24. The second-order valence-corrected chi connectivity index (χ2v) is 3.17. The van der Waals surface area contributed by atoms with Gasteiger partial charge in [0.15, 0.2) is 0 Å². The van der Waals surface area contributed by atoms with E-state index in [0.29, 0.717) is 0 Å². The summed E-state index contributed by atoms with van der Waals surface area (Å²) in [6.45, 7) is 13.8. The second kappa shape index (κ2) is 5.41. The molecule has 0 fully saturated rings. The zero-order chi connectivity index (χ0) is 10.4. The lowest BCUT2D eigenvalue weighted by Crippen LogP contribution is -2.12. The van der Waals surface area contributed by atoms with E-state index < -0.39 is 0 Å². The second-order valence-electron chi connectivity index (χ2n) is 3.17. The van der Waals surface area contributed by atoms with Gasteiger partial charge in [-0.05, 0) is 32.4 Å². The Balaban J connectivity index is 4.46. The first-order valence-corrected chi connectivity index (χ1v) is 4.38. The van der Waals surface area contributed by atoms with Gasteiger partial charge in [0.25, 0.3) is 0 Å². The Bertz CT molecular complexity index is 256. The first-order chi connectivity index (χ1) is 5.99. The molecular weight excluding hydrogens is 158 g/mol. The summed E-state index contributed by atoms with van der Waals surface area (Å²) in [7, 11) is 1.96. The van der Waals surface area contributed by atoms with Crippen LogP contribution in [0.4, 0.5) is 0 Å². The smallest absolute Gasteiger partial charge is 0.0334 e. The molecule has 0 saturated carbocycles. The molecule has 13 heavy (non-hydrogen) atoms. The highest BCUT2D eigenvalue weighted by atomic mass is 15.1. The van der Waals surface area contributed by atoms with E-state index >= 15 is 0 Å². The van der Waals surface area contributed by atoms with Gasteiger partial charge in [-0.15, -0.1) is 0 Å². The molecule has 0 aromatic heterocycles. The number of likely N-dealkylation sites (N-methyl/N-ethyl adjacent to an activating group) is 1. The molecule has 0 bridgehead atoms. The summed E-state index contributed by atoms with van der Waals surface area (Å²) >= 11 is 0. The van der Waals surface area contributed by atoms with Crippen LogP contribution >= 0.6 is 0 Å². The number of hydrogen-bond acceptors (Lipinski definition) is 1. The fourth-order valence-corrected chi connectivity index (χ4v) is 0.916. The molecule has 0 aliphatic rings. The van der Waals surface area contributed by atoms with Crippen LogP contribution in [0.15, 0.2) is 48.4 Å². The molecule has 1 nitrogen and oxygen atoms in total. The maximum atomic E-state index is 3.95. The van der Waals surface area contributed by atoms with Crippen LogP contribution < -0.4 is 0 Å². The topological polar surface area (TPSA) is 3.24 Å². The van der Waals surface area contributed by atoms with Crippen LogP contribution in [0, 0.1) is 0 Å². The maximum absolute atomic E-state index is 3.95. The van der Waals surface area contributed by atoms with E-state index in [1.807, 2.05) is 37.9 Å². The lowest BCUT2D eigenvalue weighted by atomic mass is 10.2. The Kier molecular flexibility index (Phi) is 4.90. The van der Waals surface area contributed by atoms with Gasteiger partial charge in [0, 0.05) is 18.4 Å². The first kappa shape index (κ1) is 11.8. The third-order valence-electron chi connectivity index (χ3n) is 1.83. The van der Waals surface area contributed by atoms with Crippen LogP contribution in [0.25, 0.3) is 0 Å². The van der Waals surface area contributed by atoms with Crippen LogP contribution in [0.1, 0.15) is 20.8 Å². The van der Waals surface area contributed by atoms with Crippen LogP contribution in [0.2, 0.25) is 0 Å². The van der Waals surface area contributed by atoms with Gasteiger partial charge < -0.3 is 4.90 Å². The van der Waals surface area contributed by atoms with Crippen molar-refractivity contribution in [1.29, 1.82) is 0 Å². The van der Waals surface area contributed by atoms with Crippen molar-refractivity contribution in [2.45, 2.75) is 20.8 Å². The molecule has 0 unspecified atom stereocenters. The zero-order valence-electron chi connectivity index (χ0n) is 9.09. The van der Waals surface area contributed by atoms with Crippen LogP contribution in [0.3, 0.4) is 0 Å². The predicted molar refractivity (Wildman–Crippen MR) is 60.3 cm³/mol. The van der Waals surface area contributed by atoms with Crippen LogP contribution in [0.5, 0.6) is 0 Å². The predicted octanol–water partition coefficient (Wildman–Crippen LogP) is 3.49. The summed E-state index contributed by atoms with van der Waals surface area (Å²) in [5.41, 5.74) is 3.15. The van der Waals surface area contributed by atoms with Gasteiger partial charge in [-0.1, -0.05) is 25.3 Å². The summed E-state index contributed by atoms with van der Waals surface area (Å²) in [4.78, 5) is 1.97. The van der Waals surface area contributed by atoms with Gasteiger partial charge in [-0.2, -0.15) is 0 Å². The van der Waals surface area contributed by atoms with Gasteiger partial charge in [0.1, 0.15) is 0 Å². The van der Waals surface area contributed by atoms with Crippen molar-refractivity contribution in [2.75, 3.05) is 7.05 Å². The van der Waals surface area contributed by atoms with Crippen molar-refractivity contribution in [3.63, 3.8) is 0 Å². The molecule has 0 aromatic carbocycles. The third kappa shape index (κ3) is 4.36. The molecule has 0 spiro atoms. The van der Waals surface area contributed by atoms with E-state index in [-0.39, 0.29) is 0 Å². The highest BCUT2D eigenvalue weighted by Crippen LogP contribution is 2.09. The Labute approximate surface area is 81.8 Å².